The minimum Gasteiger partial charge on any atom is -0.350 e. The molecule has 2 aromatic heterocycles. The van der Waals surface area contributed by atoms with Crippen LogP contribution in [0.2, 0.25) is 0 Å². The summed E-state index contributed by atoms with van der Waals surface area (Å²) in [6.45, 7) is 2.02. The largest absolute Gasteiger partial charge is 0.350 e. The Morgan fingerprint density at radius 3 is 2.86 bits per heavy atom. The summed E-state index contributed by atoms with van der Waals surface area (Å²) < 4.78 is 14.7. The molecule has 0 radical (unpaired) electrons. The highest BCUT2D eigenvalue weighted by Gasteiger charge is 2.27. The Hall–Kier alpha value is -3.07. The van der Waals surface area contributed by atoms with Gasteiger partial charge in [0.15, 0.2) is 5.16 Å². The molecule has 1 atom stereocenters. The van der Waals surface area contributed by atoms with Crippen LogP contribution in [-0.4, -0.2) is 31.2 Å². The van der Waals surface area contributed by atoms with Crippen molar-refractivity contribution < 1.29 is 9.18 Å². The van der Waals surface area contributed by atoms with Crippen LogP contribution in [0, 0.1) is 12.7 Å². The lowest BCUT2D eigenvalue weighted by molar-refractivity contribution is -0.121. The third-order valence-electron chi connectivity index (χ3n) is 4.57. The fourth-order valence-corrected chi connectivity index (χ4v) is 4.36. The highest BCUT2D eigenvalue weighted by atomic mass is 32.2. The second kappa shape index (κ2) is 8.12. The van der Waals surface area contributed by atoms with Gasteiger partial charge in [-0.05, 0) is 37.3 Å². The second-order valence-electron chi connectivity index (χ2n) is 6.74. The standard InChI is InChI=1S/C20H18FN5O2S/c1-12-6-19(28)26-16(10-29-20(26)25-12)8-18(27)22-9-15-7-17(24-11-23-15)13-2-4-14(21)5-3-13/h2-7,11,16H,8-10H2,1H3,(H,22,27). The summed E-state index contributed by atoms with van der Waals surface area (Å²) in [6.07, 6.45) is 1.61. The molecule has 3 heterocycles. The summed E-state index contributed by atoms with van der Waals surface area (Å²) in [5.74, 6) is 0.158. The van der Waals surface area contributed by atoms with Crippen LogP contribution in [0.1, 0.15) is 23.9 Å². The summed E-state index contributed by atoms with van der Waals surface area (Å²) in [4.78, 5) is 37.4. The molecule has 1 unspecified atom stereocenters. The van der Waals surface area contributed by atoms with Crippen molar-refractivity contribution in [1.29, 1.82) is 0 Å². The van der Waals surface area contributed by atoms with Gasteiger partial charge in [0.2, 0.25) is 5.91 Å². The average Bonchev–Trinajstić information content (AvgIpc) is 3.10. The van der Waals surface area contributed by atoms with E-state index in [2.05, 4.69) is 20.3 Å². The number of rotatable bonds is 5. The fourth-order valence-electron chi connectivity index (χ4n) is 3.16. The van der Waals surface area contributed by atoms with Crippen molar-refractivity contribution in [2.75, 3.05) is 5.75 Å². The molecule has 1 aliphatic heterocycles. The van der Waals surface area contributed by atoms with Gasteiger partial charge < -0.3 is 5.32 Å². The van der Waals surface area contributed by atoms with Gasteiger partial charge >= 0.3 is 0 Å². The molecule has 0 fully saturated rings. The van der Waals surface area contributed by atoms with Crippen molar-refractivity contribution in [2.45, 2.75) is 31.1 Å². The monoisotopic (exact) mass is 411 g/mol. The maximum atomic E-state index is 13.1. The van der Waals surface area contributed by atoms with Crippen molar-refractivity contribution in [1.82, 2.24) is 24.8 Å². The normalized spacial score (nSPS) is 15.2. The number of nitrogens with zero attached hydrogens (tertiary/aromatic N) is 4. The summed E-state index contributed by atoms with van der Waals surface area (Å²) in [5.41, 5.74) is 2.61. The Bertz CT molecular complexity index is 1120. The molecule has 7 nitrogen and oxygen atoms in total. The number of halogens is 1. The number of aromatic nitrogens is 4. The van der Waals surface area contributed by atoms with E-state index >= 15 is 0 Å². The van der Waals surface area contributed by atoms with E-state index in [0.29, 0.717) is 28.0 Å². The van der Waals surface area contributed by atoms with Crippen molar-refractivity contribution >= 4 is 17.7 Å². The number of carbonyl (C=O) groups excluding carboxylic acids is 1. The number of aryl methyl sites for hydroxylation is 1. The van der Waals surface area contributed by atoms with E-state index in [-0.39, 0.29) is 36.3 Å². The molecule has 0 bridgehead atoms. The van der Waals surface area contributed by atoms with E-state index in [1.165, 1.54) is 36.3 Å². The van der Waals surface area contributed by atoms with Crippen LogP contribution < -0.4 is 10.9 Å². The van der Waals surface area contributed by atoms with E-state index in [9.17, 15) is 14.0 Å². The molecule has 0 saturated carbocycles. The lowest BCUT2D eigenvalue weighted by Gasteiger charge is -2.13. The van der Waals surface area contributed by atoms with Crippen molar-refractivity contribution in [3.8, 4) is 11.3 Å². The second-order valence-corrected chi connectivity index (χ2v) is 7.72. The average molecular weight is 411 g/mol. The first-order valence-corrected chi connectivity index (χ1v) is 10.0. The SMILES string of the molecule is Cc1cc(=O)n2c(n1)SCC2CC(=O)NCc1cc(-c2ccc(F)cc2)ncn1. The number of hydrogen-bond donors (Lipinski definition) is 1. The van der Waals surface area contributed by atoms with Gasteiger partial charge in [-0.3, -0.25) is 14.2 Å². The smallest absolute Gasteiger partial charge is 0.254 e. The molecule has 0 spiro atoms. The highest BCUT2D eigenvalue weighted by Crippen LogP contribution is 2.31. The van der Waals surface area contributed by atoms with Gasteiger partial charge in [0.05, 0.1) is 24.0 Å². The zero-order valence-electron chi connectivity index (χ0n) is 15.6. The quantitative estimate of drug-likeness (QED) is 0.649. The summed E-state index contributed by atoms with van der Waals surface area (Å²) >= 11 is 1.49. The summed E-state index contributed by atoms with van der Waals surface area (Å²) in [7, 11) is 0. The van der Waals surface area contributed by atoms with Gasteiger partial charge in [0.1, 0.15) is 12.1 Å². The molecule has 1 N–H and O–H groups in total. The van der Waals surface area contributed by atoms with Crippen LogP contribution in [0.15, 0.2) is 52.7 Å². The summed E-state index contributed by atoms with van der Waals surface area (Å²) in [5, 5.41) is 3.50. The minimum atomic E-state index is -0.314. The van der Waals surface area contributed by atoms with E-state index in [1.54, 1.807) is 29.7 Å². The summed E-state index contributed by atoms with van der Waals surface area (Å²) in [6, 6.07) is 9.05. The molecule has 1 aromatic carbocycles. The van der Waals surface area contributed by atoms with Gasteiger partial charge in [-0.25, -0.2) is 19.3 Å². The van der Waals surface area contributed by atoms with Crippen LogP contribution >= 0.6 is 11.8 Å². The Morgan fingerprint density at radius 2 is 2.07 bits per heavy atom. The third-order valence-corrected chi connectivity index (χ3v) is 5.67. The van der Waals surface area contributed by atoms with Gasteiger partial charge in [0.25, 0.3) is 5.56 Å². The van der Waals surface area contributed by atoms with Crippen molar-refractivity contribution in [3.63, 3.8) is 0 Å². The first-order chi connectivity index (χ1) is 14.0. The molecular weight excluding hydrogens is 393 g/mol. The first-order valence-electron chi connectivity index (χ1n) is 9.06. The Labute approximate surface area is 170 Å². The molecule has 0 aliphatic carbocycles. The van der Waals surface area contributed by atoms with E-state index in [0.717, 1.165) is 5.56 Å². The number of nitrogens with one attached hydrogen (secondary N) is 1. The molecule has 9 heteroatoms. The van der Waals surface area contributed by atoms with Gasteiger partial charge in [-0.2, -0.15) is 0 Å². The maximum Gasteiger partial charge on any atom is 0.254 e. The molecule has 29 heavy (non-hydrogen) atoms. The molecule has 1 aliphatic rings. The highest BCUT2D eigenvalue weighted by molar-refractivity contribution is 7.99. The number of benzene rings is 1. The zero-order valence-corrected chi connectivity index (χ0v) is 16.4. The number of fused-ring (bicyclic) bond motifs is 1. The topological polar surface area (TPSA) is 89.8 Å². The lowest BCUT2D eigenvalue weighted by atomic mass is 10.1. The molecule has 3 aromatic rings. The molecule has 148 valence electrons. The number of hydrogen-bond acceptors (Lipinski definition) is 6. The van der Waals surface area contributed by atoms with Crippen LogP contribution in [0.25, 0.3) is 11.3 Å². The third kappa shape index (κ3) is 4.34. The Morgan fingerprint density at radius 1 is 1.28 bits per heavy atom. The molecule has 0 saturated heterocycles. The number of carbonyl (C=O) groups is 1. The predicted molar refractivity (Wildman–Crippen MR) is 107 cm³/mol. The maximum absolute atomic E-state index is 13.1. The molecule has 4 rings (SSSR count). The van der Waals surface area contributed by atoms with Gasteiger partial charge in [0, 0.05) is 29.5 Å². The molecular formula is C20H18FN5O2S. The predicted octanol–water partition coefficient (Wildman–Crippen LogP) is 2.50. The van der Waals surface area contributed by atoms with E-state index in [4.69, 9.17) is 0 Å². The van der Waals surface area contributed by atoms with Crippen LogP contribution in [0.4, 0.5) is 4.39 Å². The molecule has 1 amide bonds. The lowest BCUT2D eigenvalue weighted by Crippen LogP contribution is -2.30. The number of amides is 1. The minimum absolute atomic E-state index is 0.130. The first kappa shape index (κ1) is 19.3. The van der Waals surface area contributed by atoms with Crippen LogP contribution in [0.5, 0.6) is 0 Å². The fraction of sp³-hybridized carbons (Fsp3) is 0.250. The number of thioether (sulfide) groups is 1. The van der Waals surface area contributed by atoms with Gasteiger partial charge in [-0.1, -0.05) is 11.8 Å². The van der Waals surface area contributed by atoms with E-state index < -0.39 is 0 Å². The zero-order chi connectivity index (χ0) is 20.4. The Kier molecular flexibility index (Phi) is 5.39. The van der Waals surface area contributed by atoms with Crippen LogP contribution in [0.3, 0.4) is 0 Å². The van der Waals surface area contributed by atoms with Gasteiger partial charge in [-0.15, -0.1) is 0 Å². The van der Waals surface area contributed by atoms with Crippen LogP contribution in [-0.2, 0) is 11.3 Å². The Balaban J connectivity index is 1.40. The van der Waals surface area contributed by atoms with E-state index in [1.807, 2.05) is 0 Å². The van der Waals surface area contributed by atoms with Crippen molar-refractivity contribution in [2.24, 2.45) is 0 Å². The van der Waals surface area contributed by atoms with Crippen molar-refractivity contribution in [3.05, 3.63) is 70.3 Å².